The van der Waals surface area contributed by atoms with Crippen LogP contribution in [0.1, 0.15) is 30.1 Å². The van der Waals surface area contributed by atoms with Crippen molar-refractivity contribution >= 4 is 0 Å². The second kappa shape index (κ2) is 6.88. The predicted molar refractivity (Wildman–Crippen MR) is 85.8 cm³/mol. The molecule has 1 heterocycles. The molecule has 0 amide bonds. The van der Waals surface area contributed by atoms with Crippen molar-refractivity contribution in [1.29, 1.82) is 0 Å². The summed E-state index contributed by atoms with van der Waals surface area (Å²) in [5.41, 5.74) is 2.40. The highest BCUT2D eigenvalue weighted by Crippen LogP contribution is 2.30. The minimum absolute atomic E-state index is 0.338. The van der Waals surface area contributed by atoms with Gasteiger partial charge in [-0.25, -0.2) is 0 Å². The zero-order chi connectivity index (χ0) is 14.5. The van der Waals surface area contributed by atoms with Crippen molar-refractivity contribution in [3.63, 3.8) is 0 Å². The van der Waals surface area contributed by atoms with E-state index in [-0.39, 0.29) is 6.10 Å². The molecular formula is C19H23NO. The quantitative estimate of drug-likeness (QED) is 0.925. The van der Waals surface area contributed by atoms with Crippen LogP contribution in [0, 0.1) is 5.92 Å². The molecule has 2 atom stereocenters. The largest absolute Gasteiger partial charge is 0.388 e. The van der Waals surface area contributed by atoms with Gasteiger partial charge < -0.3 is 5.11 Å². The Morgan fingerprint density at radius 3 is 2.38 bits per heavy atom. The van der Waals surface area contributed by atoms with Crippen molar-refractivity contribution in [3.8, 4) is 0 Å². The Morgan fingerprint density at radius 1 is 1.00 bits per heavy atom. The zero-order valence-corrected chi connectivity index (χ0v) is 12.4. The van der Waals surface area contributed by atoms with E-state index in [0.29, 0.717) is 5.92 Å². The topological polar surface area (TPSA) is 23.5 Å². The van der Waals surface area contributed by atoms with Gasteiger partial charge in [-0.3, -0.25) is 4.90 Å². The van der Waals surface area contributed by atoms with Crippen molar-refractivity contribution in [3.05, 3.63) is 71.8 Å². The molecule has 110 valence electrons. The number of piperidine rings is 1. The van der Waals surface area contributed by atoms with E-state index in [2.05, 4.69) is 35.2 Å². The Hall–Kier alpha value is -1.64. The van der Waals surface area contributed by atoms with Gasteiger partial charge in [0.25, 0.3) is 0 Å². The molecular weight excluding hydrogens is 258 g/mol. The van der Waals surface area contributed by atoms with E-state index in [1.165, 1.54) is 12.0 Å². The molecule has 0 bridgehead atoms. The molecule has 0 spiro atoms. The average Bonchev–Trinajstić information content (AvgIpc) is 2.56. The molecule has 2 nitrogen and oxygen atoms in total. The fourth-order valence-electron chi connectivity index (χ4n) is 3.26. The van der Waals surface area contributed by atoms with Gasteiger partial charge in [-0.05, 0) is 30.5 Å². The molecule has 0 aromatic heterocycles. The lowest BCUT2D eigenvalue weighted by Gasteiger charge is -2.35. The summed E-state index contributed by atoms with van der Waals surface area (Å²) in [6, 6.07) is 20.7. The molecule has 2 aromatic rings. The lowest BCUT2D eigenvalue weighted by atomic mass is 9.88. The van der Waals surface area contributed by atoms with Gasteiger partial charge in [0.1, 0.15) is 0 Å². The summed E-state index contributed by atoms with van der Waals surface area (Å²) >= 11 is 0. The van der Waals surface area contributed by atoms with Gasteiger partial charge in [-0.2, -0.15) is 0 Å². The highest BCUT2D eigenvalue weighted by molar-refractivity contribution is 5.18. The van der Waals surface area contributed by atoms with E-state index < -0.39 is 0 Å². The number of hydrogen-bond acceptors (Lipinski definition) is 2. The van der Waals surface area contributed by atoms with Crippen LogP contribution in [-0.4, -0.2) is 23.1 Å². The molecule has 21 heavy (non-hydrogen) atoms. The summed E-state index contributed by atoms with van der Waals surface area (Å²) in [7, 11) is 0. The molecule has 3 rings (SSSR count). The summed E-state index contributed by atoms with van der Waals surface area (Å²) in [6.07, 6.45) is 1.94. The van der Waals surface area contributed by atoms with Gasteiger partial charge in [0.15, 0.2) is 0 Å². The summed E-state index contributed by atoms with van der Waals surface area (Å²) < 4.78 is 0. The second-order valence-electron chi connectivity index (χ2n) is 5.98. The smallest absolute Gasteiger partial charge is 0.0830 e. The third-order valence-electron chi connectivity index (χ3n) is 4.38. The monoisotopic (exact) mass is 281 g/mol. The molecule has 0 saturated carbocycles. The van der Waals surface area contributed by atoms with Crippen molar-refractivity contribution < 1.29 is 5.11 Å². The molecule has 2 unspecified atom stereocenters. The normalized spacial score (nSPS) is 21.1. The van der Waals surface area contributed by atoms with E-state index in [4.69, 9.17) is 0 Å². The first-order chi connectivity index (χ1) is 10.3. The first-order valence-corrected chi connectivity index (χ1v) is 7.82. The van der Waals surface area contributed by atoms with Gasteiger partial charge in [0.05, 0.1) is 6.10 Å². The number of benzene rings is 2. The molecule has 1 saturated heterocycles. The summed E-state index contributed by atoms with van der Waals surface area (Å²) in [6.45, 7) is 3.09. The Balaban J connectivity index is 1.63. The zero-order valence-electron chi connectivity index (χ0n) is 12.4. The van der Waals surface area contributed by atoms with E-state index in [1.54, 1.807) is 0 Å². The minimum Gasteiger partial charge on any atom is -0.388 e. The maximum absolute atomic E-state index is 10.6. The third kappa shape index (κ3) is 3.72. The van der Waals surface area contributed by atoms with Gasteiger partial charge >= 0.3 is 0 Å². The average molecular weight is 281 g/mol. The van der Waals surface area contributed by atoms with Gasteiger partial charge in [-0.1, -0.05) is 60.7 Å². The van der Waals surface area contributed by atoms with Crippen LogP contribution in [0.2, 0.25) is 0 Å². The van der Waals surface area contributed by atoms with Crippen LogP contribution in [-0.2, 0) is 6.54 Å². The van der Waals surface area contributed by atoms with Crippen molar-refractivity contribution in [2.24, 2.45) is 5.92 Å². The van der Waals surface area contributed by atoms with Crippen LogP contribution in [0.3, 0.4) is 0 Å². The van der Waals surface area contributed by atoms with Gasteiger partial charge in [-0.15, -0.1) is 0 Å². The highest BCUT2D eigenvalue weighted by atomic mass is 16.3. The molecule has 1 N–H and O–H groups in total. The van der Waals surface area contributed by atoms with Gasteiger partial charge in [0.2, 0.25) is 0 Å². The maximum Gasteiger partial charge on any atom is 0.0830 e. The number of rotatable bonds is 4. The Kier molecular flexibility index (Phi) is 4.69. The molecule has 0 radical (unpaired) electrons. The van der Waals surface area contributed by atoms with E-state index >= 15 is 0 Å². The minimum atomic E-state index is -0.343. The van der Waals surface area contributed by atoms with E-state index in [0.717, 1.165) is 31.6 Å². The van der Waals surface area contributed by atoms with Crippen LogP contribution in [0.4, 0.5) is 0 Å². The number of likely N-dealkylation sites (tertiary alicyclic amines) is 1. The molecule has 1 aliphatic heterocycles. The Bertz CT molecular complexity index is 540. The predicted octanol–water partition coefficient (Wildman–Crippen LogP) is 3.63. The maximum atomic E-state index is 10.6. The highest BCUT2D eigenvalue weighted by Gasteiger charge is 2.26. The van der Waals surface area contributed by atoms with E-state index in [1.807, 2.05) is 30.3 Å². The fraction of sp³-hybridized carbons (Fsp3) is 0.368. The van der Waals surface area contributed by atoms with Gasteiger partial charge in [0, 0.05) is 19.0 Å². The van der Waals surface area contributed by atoms with Crippen LogP contribution < -0.4 is 0 Å². The summed E-state index contributed by atoms with van der Waals surface area (Å²) in [5, 5.41) is 10.6. The molecule has 2 aromatic carbocycles. The number of aliphatic hydroxyl groups is 1. The first kappa shape index (κ1) is 14.3. The van der Waals surface area contributed by atoms with Crippen LogP contribution in [0.5, 0.6) is 0 Å². The Morgan fingerprint density at radius 2 is 1.67 bits per heavy atom. The van der Waals surface area contributed by atoms with Crippen LogP contribution >= 0.6 is 0 Å². The standard InChI is InChI=1S/C19H23NO/c21-19(17-10-5-2-6-11-17)18-12-7-13-20(15-18)14-16-8-3-1-4-9-16/h1-6,8-11,18-19,21H,7,12-15H2. The van der Waals surface area contributed by atoms with Crippen LogP contribution in [0.25, 0.3) is 0 Å². The summed E-state index contributed by atoms with van der Waals surface area (Å²) in [4.78, 5) is 2.47. The lowest BCUT2D eigenvalue weighted by Crippen LogP contribution is -2.37. The van der Waals surface area contributed by atoms with Crippen molar-refractivity contribution in [2.45, 2.75) is 25.5 Å². The van der Waals surface area contributed by atoms with E-state index in [9.17, 15) is 5.11 Å². The Labute approximate surface area is 127 Å². The molecule has 2 heteroatoms. The number of hydrogen-bond donors (Lipinski definition) is 1. The second-order valence-corrected chi connectivity index (χ2v) is 5.98. The molecule has 1 aliphatic rings. The van der Waals surface area contributed by atoms with Crippen molar-refractivity contribution in [1.82, 2.24) is 4.90 Å². The number of nitrogens with zero attached hydrogens (tertiary/aromatic N) is 1. The summed E-state index contributed by atoms with van der Waals surface area (Å²) in [5.74, 6) is 0.338. The lowest BCUT2D eigenvalue weighted by molar-refractivity contribution is 0.0476. The number of aliphatic hydroxyl groups excluding tert-OH is 1. The van der Waals surface area contributed by atoms with Crippen molar-refractivity contribution in [2.75, 3.05) is 13.1 Å². The third-order valence-corrected chi connectivity index (χ3v) is 4.38. The van der Waals surface area contributed by atoms with Crippen LogP contribution in [0.15, 0.2) is 60.7 Å². The fourth-order valence-corrected chi connectivity index (χ4v) is 3.26. The first-order valence-electron chi connectivity index (χ1n) is 7.82. The molecule has 0 aliphatic carbocycles. The molecule has 1 fully saturated rings. The SMILES string of the molecule is OC(c1ccccc1)C1CCCN(Cc2ccccc2)C1.